The average Bonchev–Trinajstić information content (AvgIpc) is 3.34. The molecule has 0 fully saturated rings. The van der Waals surface area contributed by atoms with Crippen molar-refractivity contribution in [3.05, 3.63) is 56.7 Å². The molecule has 160 valence electrons. The number of nitrogens with zero attached hydrogens (tertiary/aromatic N) is 6. The number of hydrogen-bond donors (Lipinski definition) is 1. The first-order chi connectivity index (χ1) is 14.9. The van der Waals surface area contributed by atoms with E-state index in [9.17, 15) is 9.59 Å². The Morgan fingerprint density at radius 3 is 2.81 bits per heavy atom. The van der Waals surface area contributed by atoms with Crippen molar-refractivity contribution in [1.82, 2.24) is 29.5 Å². The number of thioether (sulfide) groups is 1. The molecule has 0 saturated heterocycles. The summed E-state index contributed by atoms with van der Waals surface area (Å²) in [4.78, 5) is 28.9. The van der Waals surface area contributed by atoms with Crippen LogP contribution in [-0.4, -0.2) is 35.4 Å². The first-order valence-electron chi connectivity index (χ1n) is 8.98. The molecule has 0 unspecified atom stereocenters. The Labute approximate surface area is 194 Å². The number of halogens is 2. The number of aryl methyl sites for hydroxylation is 2. The van der Waals surface area contributed by atoms with Crippen molar-refractivity contribution in [2.45, 2.75) is 23.1 Å². The molecule has 9 nitrogen and oxygen atoms in total. The summed E-state index contributed by atoms with van der Waals surface area (Å²) in [6.07, 6.45) is 2.97. The smallest absolute Gasteiger partial charge is 0.264 e. The highest BCUT2D eigenvalue weighted by molar-refractivity contribution is 8.00. The molecule has 31 heavy (non-hydrogen) atoms. The quantitative estimate of drug-likeness (QED) is 0.308. The molecule has 4 rings (SSSR count). The lowest BCUT2D eigenvalue weighted by Crippen LogP contribution is -2.23. The van der Waals surface area contributed by atoms with Gasteiger partial charge in [0.05, 0.1) is 12.5 Å². The summed E-state index contributed by atoms with van der Waals surface area (Å²) in [7, 11) is 1.71. The minimum absolute atomic E-state index is 0.0879. The first kappa shape index (κ1) is 21.8. The molecule has 0 bridgehead atoms. The lowest BCUT2D eigenvalue weighted by atomic mass is 10.2. The zero-order valence-electron chi connectivity index (χ0n) is 16.1. The normalized spacial score (nSPS) is 11.2. The van der Waals surface area contributed by atoms with Crippen molar-refractivity contribution in [1.29, 1.82) is 0 Å². The van der Waals surface area contributed by atoms with Gasteiger partial charge in [0, 0.05) is 35.8 Å². The Morgan fingerprint density at radius 2 is 2.03 bits per heavy atom. The van der Waals surface area contributed by atoms with Crippen LogP contribution in [-0.2, 0) is 24.1 Å². The minimum atomic E-state index is -0.278. The summed E-state index contributed by atoms with van der Waals surface area (Å²) in [6.45, 7) is 0.188. The second-order valence-corrected chi connectivity index (χ2v) is 9.42. The molecule has 0 aliphatic carbocycles. The third-order valence-corrected chi connectivity index (χ3v) is 7.06. The molecular formula is C18H15Cl2N7O2S2. The van der Waals surface area contributed by atoms with E-state index in [1.54, 1.807) is 25.2 Å². The van der Waals surface area contributed by atoms with E-state index in [-0.39, 0.29) is 24.4 Å². The van der Waals surface area contributed by atoms with Crippen LogP contribution in [0.1, 0.15) is 12.0 Å². The van der Waals surface area contributed by atoms with Crippen LogP contribution in [0.4, 0.5) is 5.13 Å². The van der Waals surface area contributed by atoms with Gasteiger partial charge in [-0.05, 0) is 17.7 Å². The number of anilines is 1. The number of carbonyl (C=O) groups is 1. The van der Waals surface area contributed by atoms with Gasteiger partial charge in [0.25, 0.3) is 5.56 Å². The minimum Gasteiger partial charge on any atom is -0.300 e. The molecule has 0 aliphatic heterocycles. The number of rotatable bonds is 7. The Balaban J connectivity index is 1.33. The maximum absolute atomic E-state index is 12.4. The zero-order chi connectivity index (χ0) is 22.0. The number of aromatic nitrogens is 6. The molecule has 4 aromatic rings. The summed E-state index contributed by atoms with van der Waals surface area (Å²) in [6, 6.07) is 5.35. The van der Waals surface area contributed by atoms with Gasteiger partial charge < -0.3 is 5.32 Å². The van der Waals surface area contributed by atoms with Crippen LogP contribution in [0.2, 0.25) is 10.0 Å². The number of fused-ring (bicyclic) bond motifs is 1. The predicted molar refractivity (Wildman–Crippen MR) is 122 cm³/mol. The van der Waals surface area contributed by atoms with Gasteiger partial charge in [0.15, 0.2) is 9.99 Å². The lowest BCUT2D eigenvalue weighted by molar-refractivity contribution is -0.116. The first-order valence-corrected chi connectivity index (χ1v) is 11.5. The molecular weight excluding hydrogens is 481 g/mol. The average molecular weight is 496 g/mol. The van der Waals surface area contributed by atoms with E-state index < -0.39 is 0 Å². The van der Waals surface area contributed by atoms with Crippen molar-refractivity contribution in [3.8, 4) is 0 Å². The fourth-order valence-electron chi connectivity index (χ4n) is 2.75. The van der Waals surface area contributed by atoms with Crippen molar-refractivity contribution in [2.75, 3.05) is 5.32 Å². The maximum Gasteiger partial charge on any atom is 0.264 e. The summed E-state index contributed by atoms with van der Waals surface area (Å²) < 4.78 is 3.59. The second kappa shape index (κ2) is 9.35. The molecule has 0 aliphatic rings. The van der Waals surface area contributed by atoms with Crippen molar-refractivity contribution < 1.29 is 4.79 Å². The van der Waals surface area contributed by atoms with E-state index in [1.807, 2.05) is 0 Å². The van der Waals surface area contributed by atoms with Crippen LogP contribution in [0.25, 0.3) is 11.0 Å². The lowest BCUT2D eigenvalue weighted by Gasteiger charge is -2.05. The molecule has 1 amide bonds. The fraction of sp³-hybridized carbons (Fsp3) is 0.222. The van der Waals surface area contributed by atoms with Crippen molar-refractivity contribution >= 4 is 68.4 Å². The molecule has 0 atom stereocenters. The number of hydrogen-bond acceptors (Lipinski definition) is 8. The van der Waals surface area contributed by atoms with E-state index in [0.717, 1.165) is 5.56 Å². The SMILES string of the molecule is Cn1ncc2c(=O)n(CCC(=O)Nc3nnc(SCc4c(Cl)cccc4Cl)s3)cnc21. The fourth-order valence-corrected chi connectivity index (χ4v) is 5.26. The Hall–Kier alpha value is -2.47. The molecule has 0 radical (unpaired) electrons. The van der Waals surface area contributed by atoms with Crippen LogP contribution < -0.4 is 10.9 Å². The van der Waals surface area contributed by atoms with Gasteiger partial charge >= 0.3 is 0 Å². The van der Waals surface area contributed by atoms with Gasteiger partial charge in [0.1, 0.15) is 5.39 Å². The highest BCUT2D eigenvalue weighted by atomic mass is 35.5. The van der Waals surface area contributed by atoms with Gasteiger partial charge in [-0.25, -0.2) is 4.98 Å². The molecule has 0 saturated carbocycles. The third kappa shape index (κ3) is 4.90. The summed E-state index contributed by atoms with van der Waals surface area (Å²) in [5.41, 5.74) is 1.09. The largest absolute Gasteiger partial charge is 0.300 e. The van der Waals surface area contributed by atoms with Crippen LogP contribution >= 0.6 is 46.3 Å². The summed E-state index contributed by atoms with van der Waals surface area (Å²) in [5.74, 6) is 0.258. The van der Waals surface area contributed by atoms with Gasteiger partial charge in [0.2, 0.25) is 11.0 Å². The molecule has 0 spiro atoms. The van der Waals surface area contributed by atoms with E-state index in [2.05, 4.69) is 25.6 Å². The Morgan fingerprint density at radius 1 is 1.26 bits per heavy atom. The molecule has 13 heteroatoms. The van der Waals surface area contributed by atoms with Gasteiger partial charge in [-0.15, -0.1) is 10.2 Å². The predicted octanol–water partition coefficient (Wildman–Crippen LogP) is 3.61. The van der Waals surface area contributed by atoms with Crippen molar-refractivity contribution in [2.24, 2.45) is 7.05 Å². The molecule has 3 heterocycles. The van der Waals surface area contributed by atoms with E-state index in [0.29, 0.717) is 36.3 Å². The Kier molecular flexibility index (Phi) is 6.56. The van der Waals surface area contributed by atoms with Crippen LogP contribution in [0.15, 0.2) is 39.9 Å². The van der Waals surface area contributed by atoms with E-state index >= 15 is 0 Å². The van der Waals surface area contributed by atoms with Gasteiger partial charge in [-0.1, -0.05) is 52.4 Å². The van der Waals surface area contributed by atoms with Crippen LogP contribution in [0.5, 0.6) is 0 Å². The molecule has 1 N–H and O–H groups in total. The van der Waals surface area contributed by atoms with Crippen LogP contribution in [0.3, 0.4) is 0 Å². The number of nitrogens with one attached hydrogen (secondary N) is 1. The zero-order valence-corrected chi connectivity index (χ0v) is 19.2. The van der Waals surface area contributed by atoms with Gasteiger partial charge in [-0.2, -0.15) is 5.10 Å². The van der Waals surface area contributed by atoms with Crippen LogP contribution in [0, 0.1) is 0 Å². The second-order valence-electron chi connectivity index (χ2n) is 6.41. The van der Waals surface area contributed by atoms with E-state index in [4.69, 9.17) is 23.2 Å². The monoisotopic (exact) mass is 495 g/mol. The highest BCUT2D eigenvalue weighted by Gasteiger charge is 2.13. The van der Waals surface area contributed by atoms with Crippen molar-refractivity contribution in [3.63, 3.8) is 0 Å². The van der Waals surface area contributed by atoms with Gasteiger partial charge in [-0.3, -0.25) is 18.8 Å². The topological polar surface area (TPSA) is 108 Å². The number of amides is 1. The highest BCUT2D eigenvalue weighted by Crippen LogP contribution is 2.33. The molecule has 3 aromatic heterocycles. The Bertz CT molecular complexity index is 1300. The standard InChI is InChI=1S/C18H15Cl2N7O2S2/c1-26-15-10(7-22-26)16(29)27(9-21-15)6-5-14(28)23-17-24-25-18(31-17)30-8-11-12(19)3-2-4-13(11)20/h2-4,7,9H,5-6,8H2,1H3,(H,23,24,28). The van der Waals surface area contributed by atoms with E-state index in [1.165, 1.54) is 44.9 Å². The maximum atomic E-state index is 12.4. The molecule has 1 aromatic carbocycles. The number of carbonyl (C=O) groups excluding carboxylic acids is 1. The summed E-state index contributed by atoms with van der Waals surface area (Å²) >= 11 is 15.0. The third-order valence-electron chi connectivity index (χ3n) is 4.35. The number of benzene rings is 1. The summed E-state index contributed by atoms with van der Waals surface area (Å²) in [5, 5.41) is 16.8.